The summed E-state index contributed by atoms with van der Waals surface area (Å²) in [5.74, 6) is -0.485. The molecule has 1 aromatic rings. The maximum Gasteiger partial charge on any atom is 0.261 e. The predicted molar refractivity (Wildman–Crippen MR) is 121 cm³/mol. The molecule has 0 aromatic carbocycles. The van der Waals surface area contributed by atoms with Gasteiger partial charge in [0.25, 0.3) is 5.91 Å². The van der Waals surface area contributed by atoms with Crippen LogP contribution in [0.1, 0.15) is 40.0 Å². The van der Waals surface area contributed by atoms with Gasteiger partial charge in [-0.25, -0.2) is 5.01 Å². The Kier molecular flexibility index (Phi) is 6.81. The van der Waals surface area contributed by atoms with Crippen molar-refractivity contribution in [2.75, 3.05) is 26.0 Å². The molecule has 31 heavy (non-hydrogen) atoms. The third-order valence-corrected chi connectivity index (χ3v) is 6.09. The molecule has 1 aliphatic heterocycles. The summed E-state index contributed by atoms with van der Waals surface area (Å²) in [5.41, 5.74) is 3.44. The molecular weight excluding hydrogens is 392 g/mol. The molecular formula is C23H34N6O2. The molecule has 2 heterocycles. The maximum atomic E-state index is 12.7. The van der Waals surface area contributed by atoms with Crippen molar-refractivity contribution < 1.29 is 9.59 Å². The monoisotopic (exact) mass is 426 g/mol. The van der Waals surface area contributed by atoms with Gasteiger partial charge in [-0.1, -0.05) is 25.5 Å². The molecule has 1 unspecified atom stereocenters. The lowest BCUT2D eigenvalue weighted by Crippen LogP contribution is -2.55. The summed E-state index contributed by atoms with van der Waals surface area (Å²) < 4.78 is 1.72. The van der Waals surface area contributed by atoms with E-state index in [1.165, 1.54) is 10.6 Å². The summed E-state index contributed by atoms with van der Waals surface area (Å²) in [7, 11) is 3.68. The van der Waals surface area contributed by atoms with Crippen LogP contribution < -0.4 is 16.1 Å². The molecule has 0 spiro atoms. The summed E-state index contributed by atoms with van der Waals surface area (Å²) >= 11 is 0. The van der Waals surface area contributed by atoms with Crippen molar-refractivity contribution in [1.82, 2.24) is 19.9 Å². The van der Waals surface area contributed by atoms with Gasteiger partial charge >= 0.3 is 0 Å². The number of pyridine rings is 1. The van der Waals surface area contributed by atoms with Gasteiger partial charge in [0.1, 0.15) is 12.0 Å². The van der Waals surface area contributed by atoms with Crippen LogP contribution in [0.2, 0.25) is 0 Å². The molecule has 2 amide bonds. The van der Waals surface area contributed by atoms with Gasteiger partial charge in [-0.3, -0.25) is 20.0 Å². The minimum atomic E-state index is -0.295. The number of carbonyl (C=O) groups excluding carboxylic acids is 2. The van der Waals surface area contributed by atoms with E-state index < -0.39 is 0 Å². The van der Waals surface area contributed by atoms with Crippen molar-refractivity contribution in [3.8, 4) is 0 Å². The standard InChI is InChI=1S/C23H34N6O2/c1-16-12-21(31)29(27(5)22(16)17-6-9-23(2,3)10-7-17)14-20(30)26-18-8-11-28(15-25-4)19(24)13-18/h6,8,11-13,22,24-25H,7,9-10,14-15H2,1-5H3,(H,26,30). The average Bonchev–Trinajstić information content (AvgIpc) is 2.68. The Morgan fingerprint density at radius 1 is 1.35 bits per heavy atom. The average molecular weight is 427 g/mol. The molecule has 0 radical (unpaired) electrons. The zero-order chi connectivity index (χ0) is 22.8. The van der Waals surface area contributed by atoms with Gasteiger partial charge < -0.3 is 15.2 Å². The van der Waals surface area contributed by atoms with Gasteiger partial charge in [0.05, 0.1) is 12.7 Å². The second-order valence-corrected chi connectivity index (χ2v) is 9.24. The number of nitrogens with one attached hydrogen (secondary N) is 3. The van der Waals surface area contributed by atoms with Crippen molar-refractivity contribution in [3.05, 3.63) is 47.1 Å². The van der Waals surface area contributed by atoms with Crippen molar-refractivity contribution in [3.63, 3.8) is 0 Å². The summed E-state index contributed by atoms with van der Waals surface area (Å²) in [4.78, 5) is 25.4. The van der Waals surface area contributed by atoms with E-state index in [0.29, 0.717) is 17.8 Å². The van der Waals surface area contributed by atoms with Crippen LogP contribution in [-0.2, 0) is 16.3 Å². The lowest BCUT2D eigenvalue weighted by atomic mass is 9.76. The summed E-state index contributed by atoms with van der Waals surface area (Å²) in [6.07, 6.45) is 8.81. The second-order valence-electron chi connectivity index (χ2n) is 9.24. The largest absolute Gasteiger partial charge is 0.324 e. The highest BCUT2D eigenvalue weighted by molar-refractivity contribution is 5.97. The molecule has 0 saturated carbocycles. The zero-order valence-corrected chi connectivity index (χ0v) is 19.2. The Morgan fingerprint density at radius 3 is 2.71 bits per heavy atom. The highest BCUT2D eigenvalue weighted by Crippen LogP contribution is 2.38. The lowest BCUT2D eigenvalue weighted by molar-refractivity contribution is -0.149. The van der Waals surface area contributed by atoms with E-state index in [2.05, 4.69) is 30.6 Å². The Balaban J connectivity index is 1.71. The van der Waals surface area contributed by atoms with Crippen LogP contribution in [0.3, 0.4) is 0 Å². The first kappa shape index (κ1) is 23.0. The lowest BCUT2D eigenvalue weighted by Gasteiger charge is -2.43. The number of anilines is 1. The number of rotatable bonds is 6. The molecule has 1 aliphatic carbocycles. The number of allylic oxidation sites excluding steroid dienone is 1. The third-order valence-electron chi connectivity index (χ3n) is 6.09. The first-order valence-corrected chi connectivity index (χ1v) is 10.7. The first-order chi connectivity index (χ1) is 14.6. The molecule has 3 N–H and O–H groups in total. The number of likely N-dealkylation sites (N-methyl/N-ethyl adjacent to an activating group) is 1. The minimum Gasteiger partial charge on any atom is -0.324 e. The van der Waals surface area contributed by atoms with Crippen LogP contribution in [0.4, 0.5) is 5.69 Å². The molecule has 0 saturated heterocycles. The molecule has 8 heteroatoms. The van der Waals surface area contributed by atoms with Gasteiger partial charge in [0.2, 0.25) is 5.91 Å². The molecule has 1 atom stereocenters. The Labute approximate surface area is 184 Å². The number of nitrogens with zero attached hydrogens (tertiary/aromatic N) is 3. The SMILES string of the molecule is CNCn1ccc(NC(=O)CN2C(=O)C=C(C)C(C3=CCC(C)(C)CC3)N2C)cc1=N. The molecule has 8 nitrogen and oxygen atoms in total. The zero-order valence-electron chi connectivity index (χ0n) is 19.2. The number of carbonyl (C=O) groups is 2. The predicted octanol–water partition coefficient (Wildman–Crippen LogP) is 2.22. The third kappa shape index (κ3) is 5.32. The summed E-state index contributed by atoms with van der Waals surface area (Å²) in [6.45, 7) is 6.98. The van der Waals surface area contributed by atoms with Gasteiger partial charge in [-0.05, 0) is 50.3 Å². The van der Waals surface area contributed by atoms with Crippen LogP contribution in [0.15, 0.2) is 41.6 Å². The molecule has 1 aromatic heterocycles. The maximum absolute atomic E-state index is 12.7. The molecule has 0 bridgehead atoms. The van der Waals surface area contributed by atoms with E-state index in [0.717, 1.165) is 24.8 Å². The van der Waals surface area contributed by atoms with Crippen LogP contribution in [0.5, 0.6) is 0 Å². The summed E-state index contributed by atoms with van der Waals surface area (Å²) in [6, 6.07) is 3.34. The smallest absolute Gasteiger partial charge is 0.261 e. The minimum absolute atomic E-state index is 0.00123. The van der Waals surface area contributed by atoms with Crippen molar-refractivity contribution in [1.29, 1.82) is 5.41 Å². The fraction of sp³-hybridized carbons (Fsp3) is 0.522. The normalized spacial score (nSPS) is 21.5. The van der Waals surface area contributed by atoms with Gasteiger partial charge in [0, 0.05) is 31.1 Å². The Bertz CT molecular complexity index is 975. The summed E-state index contributed by atoms with van der Waals surface area (Å²) in [5, 5.41) is 17.2. The first-order valence-electron chi connectivity index (χ1n) is 10.7. The quantitative estimate of drug-likeness (QED) is 0.608. The van der Waals surface area contributed by atoms with Crippen LogP contribution in [-0.4, -0.2) is 53.1 Å². The molecule has 2 aliphatic rings. The van der Waals surface area contributed by atoms with E-state index in [4.69, 9.17) is 5.41 Å². The van der Waals surface area contributed by atoms with E-state index in [1.807, 2.05) is 26.0 Å². The Hall–Kier alpha value is -2.71. The van der Waals surface area contributed by atoms with Crippen molar-refractivity contribution in [2.24, 2.45) is 5.41 Å². The fourth-order valence-corrected chi connectivity index (χ4v) is 4.25. The number of amides is 2. The van der Waals surface area contributed by atoms with E-state index in [9.17, 15) is 9.59 Å². The second kappa shape index (κ2) is 9.20. The molecule has 3 rings (SSSR count). The number of hydrogen-bond donors (Lipinski definition) is 3. The molecule has 168 valence electrons. The number of hydrazine groups is 1. The van der Waals surface area contributed by atoms with E-state index >= 15 is 0 Å². The van der Waals surface area contributed by atoms with Gasteiger partial charge in [-0.15, -0.1) is 0 Å². The van der Waals surface area contributed by atoms with Crippen molar-refractivity contribution >= 4 is 17.5 Å². The number of hydrogen-bond acceptors (Lipinski definition) is 5. The van der Waals surface area contributed by atoms with Crippen LogP contribution >= 0.6 is 0 Å². The topological polar surface area (TPSA) is 93.5 Å². The van der Waals surface area contributed by atoms with Crippen LogP contribution in [0.25, 0.3) is 0 Å². The highest BCUT2D eigenvalue weighted by atomic mass is 16.2. The molecule has 0 fully saturated rings. The van der Waals surface area contributed by atoms with Gasteiger partial charge in [-0.2, -0.15) is 0 Å². The van der Waals surface area contributed by atoms with Crippen molar-refractivity contribution in [2.45, 2.75) is 52.7 Å². The van der Waals surface area contributed by atoms with E-state index in [-0.39, 0.29) is 29.9 Å². The highest BCUT2D eigenvalue weighted by Gasteiger charge is 2.35. The van der Waals surface area contributed by atoms with Gasteiger partial charge in [0.15, 0.2) is 0 Å². The fourth-order valence-electron chi connectivity index (χ4n) is 4.25. The number of aromatic nitrogens is 1. The van der Waals surface area contributed by atoms with E-state index in [1.54, 1.807) is 29.0 Å². The van der Waals surface area contributed by atoms with Crippen LogP contribution in [0, 0.1) is 10.8 Å². The Morgan fingerprint density at radius 2 is 2.10 bits per heavy atom.